The molecule has 0 unspecified atom stereocenters. The zero-order chi connectivity index (χ0) is 13.3. The molecule has 2 N–H and O–H groups in total. The van der Waals surface area contributed by atoms with E-state index in [1.165, 1.54) is 11.1 Å². The molecule has 2 aromatic rings. The van der Waals surface area contributed by atoms with E-state index < -0.39 is 0 Å². The molecule has 0 bridgehead atoms. The zero-order valence-electron chi connectivity index (χ0n) is 11.0. The third-order valence-corrected chi connectivity index (χ3v) is 3.28. The molecule has 0 aromatic heterocycles. The lowest BCUT2D eigenvalue weighted by molar-refractivity contribution is 0.281. The van der Waals surface area contributed by atoms with Crippen molar-refractivity contribution in [2.24, 2.45) is 0 Å². The summed E-state index contributed by atoms with van der Waals surface area (Å²) in [6.45, 7) is 5.90. The van der Waals surface area contributed by atoms with Gasteiger partial charge in [-0.15, -0.1) is 0 Å². The van der Waals surface area contributed by atoms with Gasteiger partial charge in [-0.05, 0) is 60.7 Å². The van der Waals surface area contributed by atoms with Crippen LogP contribution in [0.2, 0.25) is 0 Å². The second-order valence-electron chi connectivity index (χ2n) is 4.77. The Balaban J connectivity index is 2.69. The highest BCUT2D eigenvalue weighted by atomic mass is 16.3. The van der Waals surface area contributed by atoms with Crippen LogP contribution < -0.4 is 0 Å². The van der Waals surface area contributed by atoms with Crippen molar-refractivity contribution in [3.05, 3.63) is 52.6 Å². The molecule has 2 heteroatoms. The van der Waals surface area contributed by atoms with E-state index in [1.807, 2.05) is 13.0 Å². The maximum Gasteiger partial charge on any atom is 0.118 e. The number of benzene rings is 2. The van der Waals surface area contributed by atoms with Crippen LogP contribution >= 0.6 is 0 Å². The second-order valence-corrected chi connectivity index (χ2v) is 4.77. The molecule has 18 heavy (non-hydrogen) atoms. The molecule has 0 aliphatic carbocycles. The molecule has 2 aromatic carbocycles. The van der Waals surface area contributed by atoms with E-state index in [9.17, 15) is 10.2 Å². The fraction of sp³-hybridized carbons (Fsp3) is 0.250. The van der Waals surface area contributed by atoms with E-state index in [0.717, 1.165) is 22.3 Å². The van der Waals surface area contributed by atoms with Gasteiger partial charge in [0, 0.05) is 0 Å². The second kappa shape index (κ2) is 4.83. The van der Waals surface area contributed by atoms with Gasteiger partial charge in [-0.1, -0.05) is 23.8 Å². The van der Waals surface area contributed by atoms with Crippen molar-refractivity contribution in [1.29, 1.82) is 0 Å². The van der Waals surface area contributed by atoms with Crippen molar-refractivity contribution in [2.45, 2.75) is 27.4 Å². The first kappa shape index (κ1) is 12.7. The van der Waals surface area contributed by atoms with Crippen LogP contribution in [-0.4, -0.2) is 10.2 Å². The summed E-state index contributed by atoms with van der Waals surface area (Å²) in [5.74, 6) is 0.230. The smallest absolute Gasteiger partial charge is 0.118 e. The average molecular weight is 242 g/mol. The van der Waals surface area contributed by atoms with Crippen LogP contribution in [0.15, 0.2) is 30.3 Å². The highest BCUT2D eigenvalue weighted by molar-refractivity contribution is 5.73. The van der Waals surface area contributed by atoms with E-state index >= 15 is 0 Å². The Morgan fingerprint density at radius 1 is 0.889 bits per heavy atom. The van der Waals surface area contributed by atoms with E-state index in [1.54, 1.807) is 6.07 Å². The standard InChI is InChI=1S/C16H18O2/c1-10-4-5-11(2)14(6-10)15-7-12(3)16(18)8-13(15)9-17/h4-8,17-18H,9H2,1-3H3. The van der Waals surface area contributed by atoms with Gasteiger partial charge in [0.25, 0.3) is 0 Å². The van der Waals surface area contributed by atoms with Crippen LogP contribution in [0.1, 0.15) is 22.3 Å². The molecule has 0 fully saturated rings. The van der Waals surface area contributed by atoms with Gasteiger partial charge < -0.3 is 10.2 Å². The molecule has 0 aliphatic heterocycles. The normalized spacial score (nSPS) is 10.7. The number of rotatable bonds is 2. The van der Waals surface area contributed by atoms with Crippen LogP contribution in [-0.2, 0) is 6.61 Å². The number of hydrogen-bond acceptors (Lipinski definition) is 2. The average Bonchev–Trinajstić information content (AvgIpc) is 2.35. The highest BCUT2D eigenvalue weighted by Gasteiger charge is 2.10. The van der Waals surface area contributed by atoms with E-state index in [4.69, 9.17) is 0 Å². The number of phenolic OH excluding ortho intramolecular Hbond substituents is 1. The van der Waals surface area contributed by atoms with Gasteiger partial charge in [-0.25, -0.2) is 0 Å². The van der Waals surface area contributed by atoms with Crippen molar-refractivity contribution in [3.8, 4) is 16.9 Å². The minimum Gasteiger partial charge on any atom is -0.508 e. The largest absolute Gasteiger partial charge is 0.508 e. The molecule has 2 nitrogen and oxygen atoms in total. The fourth-order valence-corrected chi connectivity index (χ4v) is 2.15. The van der Waals surface area contributed by atoms with Crippen LogP contribution in [0.3, 0.4) is 0 Å². The number of aryl methyl sites for hydroxylation is 3. The fourth-order valence-electron chi connectivity index (χ4n) is 2.15. The first-order valence-electron chi connectivity index (χ1n) is 6.04. The lowest BCUT2D eigenvalue weighted by atomic mass is 9.93. The van der Waals surface area contributed by atoms with Gasteiger partial charge in [0.2, 0.25) is 0 Å². The Kier molecular flexibility index (Phi) is 3.39. The summed E-state index contributed by atoms with van der Waals surface area (Å²) in [4.78, 5) is 0. The topological polar surface area (TPSA) is 40.5 Å². The predicted octanol–water partition coefficient (Wildman–Crippen LogP) is 3.48. The lowest BCUT2D eigenvalue weighted by Gasteiger charge is -2.13. The molecule has 0 saturated heterocycles. The van der Waals surface area contributed by atoms with Gasteiger partial charge in [-0.3, -0.25) is 0 Å². The maximum atomic E-state index is 9.72. The molecule has 0 aliphatic rings. The molecular weight excluding hydrogens is 224 g/mol. The third kappa shape index (κ3) is 2.24. The molecule has 0 amide bonds. The van der Waals surface area contributed by atoms with Crippen LogP contribution in [0, 0.1) is 20.8 Å². The molecule has 0 saturated carbocycles. The number of aliphatic hydroxyl groups is 1. The van der Waals surface area contributed by atoms with Crippen LogP contribution in [0.4, 0.5) is 0 Å². The van der Waals surface area contributed by atoms with E-state index in [0.29, 0.717) is 0 Å². The van der Waals surface area contributed by atoms with Gasteiger partial charge in [0.15, 0.2) is 0 Å². The van der Waals surface area contributed by atoms with E-state index in [-0.39, 0.29) is 12.4 Å². The zero-order valence-corrected chi connectivity index (χ0v) is 11.0. The molecule has 94 valence electrons. The first-order valence-corrected chi connectivity index (χ1v) is 6.04. The van der Waals surface area contributed by atoms with Gasteiger partial charge in [0.05, 0.1) is 6.61 Å². The van der Waals surface area contributed by atoms with Crippen LogP contribution in [0.25, 0.3) is 11.1 Å². The quantitative estimate of drug-likeness (QED) is 0.846. The van der Waals surface area contributed by atoms with Crippen molar-refractivity contribution in [3.63, 3.8) is 0 Å². The molecule has 0 atom stereocenters. The summed E-state index contributed by atoms with van der Waals surface area (Å²) in [5, 5.41) is 19.2. The molecule has 0 spiro atoms. The number of aromatic hydroxyl groups is 1. The highest BCUT2D eigenvalue weighted by Crippen LogP contribution is 2.32. The Morgan fingerprint density at radius 2 is 1.61 bits per heavy atom. The summed E-state index contributed by atoms with van der Waals surface area (Å²) in [7, 11) is 0. The van der Waals surface area contributed by atoms with Crippen molar-refractivity contribution in [1.82, 2.24) is 0 Å². The van der Waals surface area contributed by atoms with Crippen molar-refractivity contribution >= 4 is 0 Å². The summed E-state index contributed by atoms with van der Waals surface area (Å²) in [6, 6.07) is 9.84. The Bertz CT molecular complexity index is 586. The minimum atomic E-state index is -0.0729. The van der Waals surface area contributed by atoms with Crippen molar-refractivity contribution in [2.75, 3.05) is 0 Å². The Hall–Kier alpha value is -1.80. The number of hydrogen-bond donors (Lipinski definition) is 2. The molecule has 2 rings (SSSR count). The number of aliphatic hydroxyl groups excluding tert-OH is 1. The SMILES string of the molecule is Cc1ccc(C)c(-c2cc(C)c(O)cc2CO)c1. The summed E-state index contributed by atoms with van der Waals surface area (Å²) < 4.78 is 0. The Morgan fingerprint density at radius 3 is 2.28 bits per heavy atom. The lowest BCUT2D eigenvalue weighted by Crippen LogP contribution is -1.94. The molecular formula is C16H18O2. The van der Waals surface area contributed by atoms with Crippen molar-refractivity contribution < 1.29 is 10.2 Å². The van der Waals surface area contributed by atoms with Gasteiger partial charge in [-0.2, -0.15) is 0 Å². The predicted molar refractivity (Wildman–Crippen MR) is 73.7 cm³/mol. The first-order chi connectivity index (χ1) is 8.52. The van der Waals surface area contributed by atoms with Gasteiger partial charge >= 0.3 is 0 Å². The monoisotopic (exact) mass is 242 g/mol. The summed E-state index contributed by atoms with van der Waals surface area (Å²) in [6.07, 6.45) is 0. The third-order valence-electron chi connectivity index (χ3n) is 3.28. The van der Waals surface area contributed by atoms with Gasteiger partial charge in [0.1, 0.15) is 5.75 Å². The summed E-state index contributed by atoms with van der Waals surface area (Å²) >= 11 is 0. The Labute approximate surface area is 108 Å². The summed E-state index contributed by atoms with van der Waals surface area (Å²) in [5.41, 5.74) is 6.04. The number of phenols is 1. The molecule has 0 heterocycles. The minimum absolute atomic E-state index is 0.0729. The van der Waals surface area contributed by atoms with Crippen LogP contribution in [0.5, 0.6) is 5.75 Å². The molecule has 0 radical (unpaired) electrons. The maximum absolute atomic E-state index is 9.72. The van der Waals surface area contributed by atoms with E-state index in [2.05, 4.69) is 32.0 Å².